The second-order valence-corrected chi connectivity index (χ2v) is 1.62. The van der Waals surface area contributed by atoms with Gasteiger partial charge >= 0.3 is 86.6 Å². The first-order chi connectivity index (χ1) is 3.68. The maximum Gasteiger partial charge on any atom is 1.00 e. The molecule has 0 heterocycles. The van der Waals surface area contributed by atoms with Crippen LogP contribution >= 0.6 is 0 Å². The van der Waals surface area contributed by atoms with E-state index in [1.807, 2.05) is 0 Å². The van der Waals surface area contributed by atoms with Crippen LogP contribution in [-0.2, 0) is 13.3 Å². The van der Waals surface area contributed by atoms with Gasteiger partial charge in [0.2, 0.25) is 0 Å². The smallest absolute Gasteiger partial charge is 1.00 e. The normalized spacial score (nSPS) is 10.8. The molecule has 0 bridgehead atoms. The van der Waals surface area contributed by atoms with Crippen LogP contribution < -0.4 is 29.6 Å². The molecule has 0 aromatic rings. The van der Waals surface area contributed by atoms with Gasteiger partial charge in [0.05, 0.1) is 0 Å². The van der Waals surface area contributed by atoms with Gasteiger partial charge in [-0.15, -0.1) is 0 Å². The number of hydrogen-bond donors (Lipinski definition) is 0. The van der Waals surface area contributed by atoms with E-state index in [0.717, 1.165) is 0 Å². The zero-order chi connectivity index (χ0) is 6.62. The third kappa shape index (κ3) is 4.77. The molecule has 50 valence electrons. The van der Waals surface area contributed by atoms with E-state index < -0.39 is 5.97 Å². The molecular formula is C4H12AlNaO3. The van der Waals surface area contributed by atoms with Gasteiger partial charge in [0, 0.05) is 0 Å². The van der Waals surface area contributed by atoms with E-state index in [0.29, 0.717) is 0 Å². The van der Waals surface area contributed by atoms with Gasteiger partial charge < -0.3 is 4.28 Å². The van der Waals surface area contributed by atoms with Crippen LogP contribution in [0.5, 0.6) is 0 Å². The van der Waals surface area contributed by atoms with Crippen molar-refractivity contribution in [2.75, 3.05) is 14.2 Å². The topological polar surface area (TPSA) is 27.7 Å². The monoisotopic (exact) mass is 158 g/mol. The fourth-order valence-corrected chi connectivity index (χ4v) is 0.372. The first-order valence-electron chi connectivity index (χ1n) is 2.16. The van der Waals surface area contributed by atoms with Crippen molar-refractivity contribution in [1.82, 2.24) is 0 Å². The van der Waals surface area contributed by atoms with Crippen LogP contribution in [0.15, 0.2) is 0 Å². The van der Waals surface area contributed by atoms with Crippen molar-refractivity contribution in [2.24, 2.45) is 0 Å². The fourth-order valence-electron chi connectivity index (χ4n) is 0.180. The summed E-state index contributed by atoms with van der Waals surface area (Å²) in [5.74, 6) is -0.912. The quantitative estimate of drug-likeness (QED) is 0.333. The summed E-state index contributed by atoms with van der Waals surface area (Å²) in [4.78, 5) is 0. The third-order valence-corrected chi connectivity index (χ3v) is 1.38. The van der Waals surface area contributed by atoms with Crippen molar-refractivity contribution in [2.45, 2.75) is 12.9 Å². The molecule has 0 saturated carbocycles. The van der Waals surface area contributed by atoms with Gasteiger partial charge in [0.1, 0.15) is 0 Å². The summed E-state index contributed by atoms with van der Waals surface area (Å²) < 4.78 is 14.3. The molecule has 0 rings (SSSR count). The number of rotatable bonds is 3. The van der Waals surface area contributed by atoms with E-state index in [9.17, 15) is 0 Å². The van der Waals surface area contributed by atoms with Crippen LogP contribution in [0.25, 0.3) is 0 Å². The van der Waals surface area contributed by atoms with Gasteiger partial charge in [0.25, 0.3) is 0 Å². The number of hydrogen-bond acceptors (Lipinski definition) is 3. The Bertz CT molecular complexity index is 68.3. The van der Waals surface area contributed by atoms with Crippen LogP contribution in [0.4, 0.5) is 0 Å². The summed E-state index contributed by atoms with van der Waals surface area (Å²) in [6.45, 7) is 1.67. The average Bonchev–Trinajstić information content (AvgIpc) is 1.87. The van der Waals surface area contributed by atoms with Gasteiger partial charge in [-0.25, -0.2) is 0 Å². The summed E-state index contributed by atoms with van der Waals surface area (Å²) in [5.41, 5.74) is 0. The Morgan fingerprint density at radius 1 is 1.33 bits per heavy atom. The van der Waals surface area contributed by atoms with E-state index >= 15 is 0 Å². The molecule has 0 amide bonds. The maximum atomic E-state index is 4.77. The standard InChI is InChI=1S/C4H9O3.Al.Na.3H/c1-4(5,6-2)7-3;;;;;/h1-3H3;;;;;/q-1;+3;+1;3*-1. The van der Waals surface area contributed by atoms with Crippen LogP contribution in [0, 0.1) is 0 Å². The summed E-state index contributed by atoms with van der Waals surface area (Å²) in [5, 5.41) is 0. The third-order valence-electron chi connectivity index (χ3n) is 0.956. The predicted octanol–water partition coefficient (Wildman–Crippen LogP) is -2.61. The van der Waals surface area contributed by atoms with Crippen LogP contribution in [0.2, 0.25) is 0 Å². The Morgan fingerprint density at radius 2 is 1.67 bits per heavy atom. The van der Waals surface area contributed by atoms with Crippen molar-refractivity contribution in [1.29, 1.82) is 0 Å². The molecular weight excluding hydrogens is 146 g/mol. The van der Waals surface area contributed by atoms with E-state index in [-0.39, 0.29) is 33.8 Å². The average molecular weight is 158 g/mol. The second-order valence-electron chi connectivity index (χ2n) is 1.39. The van der Waals surface area contributed by atoms with Crippen LogP contribution in [0.3, 0.4) is 0 Å². The minimum absolute atomic E-state index is 0. The summed E-state index contributed by atoms with van der Waals surface area (Å²) in [6.07, 6.45) is 0. The Balaban J connectivity index is -0.0000000408. The number of ether oxygens (including phenoxy) is 2. The number of methoxy groups -OCH3 is 2. The maximum absolute atomic E-state index is 4.77. The van der Waals surface area contributed by atoms with Gasteiger partial charge in [-0.05, 0) is 0 Å². The molecule has 0 aromatic heterocycles. The molecule has 3 nitrogen and oxygen atoms in total. The van der Waals surface area contributed by atoms with Gasteiger partial charge in [-0.2, -0.15) is 0 Å². The first kappa shape index (κ1) is 13.0. The van der Waals surface area contributed by atoms with E-state index in [1.54, 1.807) is 6.92 Å². The van der Waals surface area contributed by atoms with Gasteiger partial charge in [-0.3, -0.25) is 0 Å². The van der Waals surface area contributed by atoms with Crippen molar-refractivity contribution in [3.8, 4) is 0 Å². The molecule has 0 aliphatic heterocycles. The molecule has 0 N–H and O–H groups in total. The molecule has 5 heteroatoms. The largest absolute Gasteiger partial charge is 1.00 e. The summed E-state index contributed by atoms with van der Waals surface area (Å²) in [6, 6.07) is 0. The molecule has 0 atom stereocenters. The minimum Gasteiger partial charge on any atom is -1.00 e. The van der Waals surface area contributed by atoms with Crippen molar-refractivity contribution in [3.05, 3.63) is 0 Å². The minimum atomic E-state index is -0.912. The SMILES string of the molecule is COC(C)(OC)[O][Al+2].[H-].[H-].[H-].[Na+]. The summed E-state index contributed by atoms with van der Waals surface area (Å²) >= 11 is 2.06. The van der Waals surface area contributed by atoms with Crippen molar-refractivity contribution < 1.29 is 47.1 Å². The van der Waals surface area contributed by atoms with E-state index in [2.05, 4.69) is 16.6 Å². The van der Waals surface area contributed by atoms with Crippen LogP contribution in [-0.4, -0.2) is 36.8 Å². The Labute approximate surface area is 90.5 Å². The Kier molecular flexibility index (Phi) is 8.90. The fraction of sp³-hybridized carbons (Fsp3) is 1.00. The predicted molar refractivity (Wildman–Crippen MR) is 32.6 cm³/mol. The van der Waals surface area contributed by atoms with Crippen molar-refractivity contribution in [3.63, 3.8) is 0 Å². The zero-order valence-corrected chi connectivity index (χ0v) is 9.46. The zero-order valence-electron chi connectivity index (χ0n) is 9.30. The van der Waals surface area contributed by atoms with Gasteiger partial charge in [-0.1, -0.05) is 0 Å². The Morgan fingerprint density at radius 3 is 1.67 bits per heavy atom. The molecule has 0 saturated heterocycles. The molecule has 0 spiro atoms. The Hall–Kier alpha value is 1.41. The summed E-state index contributed by atoms with van der Waals surface area (Å²) in [7, 11) is 3.02. The van der Waals surface area contributed by atoms with Gasteiger partial charge in [0.15, 0.2) is 0 Å². The molecule has 0 aliphatic carbocycles. The molecule has 0 aliphatic rings. The molecule has 0 aromatic carbocycles. The molecule has 0 unspecified atom stereocenters. The van der Waals surface area contributed by atoms with Crippen molar-refractivity contribution >= 4 is 16.6 Å². The first-order valence-corrected chi connectivity index (χ1v) is 2.64. The molecule has 0 radical (unpaired) electrons. The molecule has 0 fully saturated rings. The molecule has 9 heavy (non-hydrogen) atoms. The second kappa shape index (κ2) is 6.14. The van der Waals surface area contributed by atoms with E-state index in [4.69, 9.17) is 13.3 Å². The van der Waals surface area contributed by atoms with Crippen LogP contribution in [0.1, 0.15) is 11.2 Å². The van der Waals surface area contributed by atoms with E-state index in [1.165, 1.54) is 14.2 Å².